The van der Waals surface area contributed by atoms with Crippen LogP contribution in [0.3, 0.4) is 0 Å². The van der Waals surface area contributed by atoms with Crippen molar-refractivity contribution in [2.24, 2.45) is 0 Å². The summed E-state index contributed by atoms with van der Waals surface area (Å²) in [6.07, 6.45) is 0. The zero-order chi connectivity index (χ0) is 26.5. The van der Waals surface area contributed by atoms with Crippen LogP contribution in [0, 0.1) is 0 Å². The average Bonchev–Trinajstić information content (AvgIpc) is 3.48. The van der Waals surface area contributed by atoms with E-state index in [1.54, 1.807) is 11.3 Å². The molecule has 4 aromatic rings. The van der Waals surface area contributed by atoms with Gasteiger partial charge in [0, 0.05) is 58.9 Å². The SMILES string of the molecule is c1ccc(Oc2ccc(OCCN3CCN(CCN4CCOCC4)CC3)cc2)cc1.c1ccc2scnc2c1. The lowest BCUT2D eigenvalue weighted by molar-refractivity contribution is 0.0295. The quantitative estimate of drug-likeness (QED) is 0.289. The third-order valence-corrected chi connectivity index (χ3v) is 7.83. The van der Waals surface area contributed by atoms with Crippen molar-refractivity contribution in [2.45, 2.75) is 0 Å². The summed E-state index contributed by atoms with van der Waals surface area (Å²) in [5.41, 5.74) is 2.97. The number of piperazine rings is 1. The smallest absolute Gasteiger partial charge is 0.127 e. The Morgan fingerprint density at radius 2 is 1.23 bits per heavy atom. The number of nitrogens with zero attached hydrogens (tertiary/aromatic N) is 4. The van der Waals surface area contributed by atoms with Crippen LogP contribution >= 0.6 is 11.3 Å². The number of para-hydroxylation sites is 2. The van der Waals surface area contributed by atoms with E-state index in [2.05, 4.69) is 25.8 Å². The predicted octanol–water partition coefficient (Wildman–Crippen LogP) is 5.10. The topological polar surface area (TPSA) is 50.3 Å². The Labute approximate surface area is 235 Å². The van der Waals surface area contributed by atoms with E-state index in [9.17, 15) is 0 Å². The summed E-state index contributed by atoms with van der Waals surface area (Å²) in [5, 5.41) is 0. The van der Waals surface area contributed by atoms with Gasteiger partial charge in [0.25, 0.3) is 0 Å². The van der Waals surface area contributed by atoms with Crippen molar-refractivity contribution in [3.05, 3.63) is 84.4 Å². The largest absolute Gasteiger partial charge is 0.492 e. The van der Waals surface area contributed by atoms with Gasteiger partial charge in [-0.3, -0.25) is 14.7 Å². The number of fused-ring (bicyclic) bond motifs is 1. The molecule has 0 amide bonds. The summed E-state index contributed by atoms with van der Waals surface area (Å²) in [6, 6.07) is 25.8. The van der Waals surface area contributed by atoms with Crippen LogP contribution in [-0.2, 0) is 4.74 Å². The van der Waals surface area contributed by atoms with Crippen LogP contribution in [-0.4, -0.2) is 98.4 Å². The number of benzene rings is 3. The summed E-state index contributed by atoms with van der Waals surface area (Å²) >= 11 is 1.68. The van der Waals surface area contributed by atoms with Gasteiger partial charge in [-0.2, -0.15) is 0 Å². The van der Waals surface area contributed by atoms with Crippen LogP contribution in [0.1, 0.15) is 0 Å². The van der Waals surface area contributed by atoms with Crippen LogP contribution in [0.5, 0.6) is 17.2 Å². The number of ether oxygens (including phenoxy) is 3. The Kier molecular flexibility index (Phi) is 10.6. The molecule has 0 aliphatic carbocycles. The third kappa shape index (κ3) is 9.02. The Balaban J connectivity index is 0.000000287. The highest BCUT2D eigenvalue weighted by Crippen LogP contribution is 2.23. The van der Waals surface area contributed by atoms with E-state index in [-0.39, 0.29) is 0 Å². The molecule has 8 heteroatoms. The molecule has 0 unspecified atom stereocenters. The van der Waals surface area contributed by atoms with Gasteiger partial charge in [-0.1, -0.05) is 30.3 Å². The first-order valence-electron chi connectivity index (χ1n) is 13.8. The molecular weight excluding hydrogens is 508 g/mol. The molecule has 7 nitrogen and oxygen atoms in total. The van der Waals surface area contributed by atoms with Crippen molar-refractivity contribution in [1.29, 1.82) is 0 Å². The molecule has 0 N–H and O–H groups in total. The maximum atomic E-state index is 5.94. The molecule has 2 saturated heterocycles. The van der Waals surface area contributed by atoms with E-state index in [0.29, 0.717) is 6.61 Å². The normalized spacial score (nSPS) is 16.9. The summed E-state index contributed by atoms with van der Waals surface area (Å²) in [7, 11) is 0. The summed E-state index contributed by atoms with van der Waals surface area (Å²) in [4.78, 5) is 11.7. The highest BCUT2D eigenvalue weighted by Gasteiger charge is 2.18. The summed E-state index contributed by atoms with van der Waals surface area (Å²) in [6.45, 7) is 12.5. The van der Waals surface area contributed by atoms with Gasteiger partial charge >= 0.3 is 0 Å². The number of thiazole rings is 1. The molecule has 0 atom stereocenters. The highest BCUT2D eigenvalue weighted by molar-refractivity contribution is 7.16. The van der Waals surface area contributed by atoms with E-state index in [1.165, 1.54) is 11.2 Å². The van der Waals surface area contributed by atoms with Crippen molar-refractivity contribution < 1.29 is 14.2 Å². The second-order valence-electron chi connectivity index (χ2n) is 9.69. The molecule has 2 fully saturated rings. The van der Waals surface area contributed by atoms with Crippen molar-refractivity contribution in [1.82, 2.24) is 19.7 Å². The van der Waals surface area contributed by atoms with E-state index < -0.39 is 0 Å². The van der Waals surface area contributed by atoms with Gasteiger partial charge < -0.3 is 14.2 Å². The zero-order valence-electron chi connectivity index (χ0n) is 22.5. The van der Waals surface area contributed by atoms with Gasteiger partial charge in [-0.05, 0) is 48.5 Å². The minimum atomic E-state index is 0.715. The third-order valence-electron chi connectivity index (χ3n) is 7.02. The Morgan fingerprint density at radius 1 is 0.641 bits per heavy atom. The van der Waals surface area contributed by atoms with Gasteiger partial charge in [0.1, 0.15) is 23.9 Å². The van der Waals surface area contributed by atoms with Crippen LogP contribution < -0.4 is 9.47 Å². The van der Waals surface area contributed by atoms with Crippen LogP contribution in [0.15, 0.2) is 84.4 Å². The Morgan fingerprint density at radius 3 is 1.95 bits per heavy atom. The van der Waals surface area contributed by atoms with E-state index in [0.717, 1.165) is 88.3 Å². The second-order valence-corrected chi connectivity index (χ2v) is 10.6. The van der Waals surface area contributed by atoms with Crippen molar-refractivity contribution in [3.8, 4) is 17.2 Å². The molecular formula is C31H38N4O3S. The van der Waals surface area contributed by atoms with E-state index in [1.807, 2.05) is 78.3 Å². The molecule has 3 heterocycles. The number of morpholine rings is 1. The molecule has 206 valence electrons. The fourth-order valence-corrected chi connectivity index (χ4v) is 5.35. The standard InChI is InChI=1S/C24H33N3O3.C7H5NS/c1-2-4-23(5-3-1)30-24-8-6-22(7-9-24)29-21-18-26-13-10-25(11-14-26)12-15-27-16-19-28-20-17-27;1-2-4-7-6(3-1)8-5-9-7/h1-9H,10-21H2;1-5H. The highest BCUT2D eigenvalue weighted by atomic mass is 32.1. The number of rotatable bonds is 9. The van der Waals surface area contributed by atoms with Gasteiger partial charge in [-0.15, -0.1) is 11.3 Å². The first kappa shape index (κ1) is 27.6. The molecule has 1 aromatic heterocycles. The molecule has 39 heavy (non-hydrogen) atoms. The molecule has 6 rings (SSSR count). The minimum absolute atomic E-state index is 0.715. The fraction of sp³-hybridized carbons (Fsp3) is 0.387. The monoisotopic (exact) mass is 546 g/mol. The average molecular weight is 547 g/mol. The van der Waals surface area contributed by atoms with E-state index in [4.69, 9.17) is 14.2 Å². The van der Waals surface area contributed by atoms with E-state index >= 15 is 0 Å². The maximum Gasteiger partial charge on any atom is 0.127 e. The van der Waals surface area contributed by atoms with Gasteiger partial charge in [-0.25, -0.2) is 4.98 Å². The Bertz CT molecular complexity index is 1190. The van der Waals surface area contributed by atoms with Crippen molar-refractivity contribution in [3.63, 3.8) is 0 Å². The molecule has 0 bridgehead atoms. The van der Waals surface area contributed by atoms with Gasteiger partial charge in [0.2, 0.25) is 0 Å². The second kappa shape index (κ2) is 15.0. The first-order chi connectivity index (χ1) is 19.3. The van der Waals surface area contributed by atoms with Crippen LogP contribution in [0.4, 0.5) is 0 Å². The molecule has 0 spiro atoms. The first-order valence-corrected chi connectivity index (χ1v) is 14.7. The summed E-state index contributed by atoms with van der Waals surface area (Å²) in [5.74, 6) is 2.55. The Hall–Kier alpha value is -3.01. The lowest BCUT2D eigenvalue weighted by Crippen LogP contribution is -2.50. The molecule has 2 aliphatic heterocycles. The number of hydrogen-bond acceptors (Lipinski definition) is 8. The lowest BCUT2D eigenvalue weighted by Gasteiger charge is -2.36. The minimum Gasteiger partial charge on any atom is -0.492 e. The zero-order valence-corrected chi connectivity index (χ0v) is 23.3. The molecule has 0 saturated carbocycles. The van der Waals surface area contributed by atoms with Crippen molar-refractivity contribution >= 4 is 21.6 Å². The van der Waals surface area contributed by atoms with Gasteiger partial charge in [0.15, 0.2) is 0 Å². The van der Waals surface area contributed by atoms with Crippen molar-refractivity contribution in [2.75, 3.05) is 78.7 Å². The summed E-state index contributed by atoms with van der Waals surface area (Å²) < 4.78 is 18.4. The fourth-order valence-electron chi connectivity index (χ4n) is 4.67. The lowest BCUT2D eigenvalue weighted by atomic mass is 10.3. The van der Waals surface area contributed by atoms with Crippen LogP contribution in [0.25, 0.3) is 10.2 Å². The van der Waals surface area contributed by atoms with Gasteiger partial charge in [0.05, 0.1) is 28.9 Å². The molecule has 0 radical (unpaired) electrons. The maximum absolute atomic E-state index is 5.94. The number of aromatic nitrogens is 1. The number of hydrogen-bond donors (Lipinski definition) is 0. The molecule has 3 aromatic carbocycles. The molecule has 2 aliphatic rings. The van der Waals surface area contributed by atoms with Crippen LogP contribution in [0.2, 0.25) is 0 Å². The predicted molar refractivity (Wildman–Crippen MR) is 158 cm³/mol.